The monoisotopic (exact) mass is 302 g/mol. The molecule has 0 amide bonds. The first-order chi connectivity index (χ1) is 8.72. The van der Waals surface area contributed by atoms with Crippen LogP contribution in [0.5, 0.6) is 0 Å². The van der Waals surface area contributed by atoms with Gasteiger partial charge in [0, 0.05) is 29.8 Å². The Morgan fingerprint density at radius 3 is 2.37 bits per heavy atom. The predicted molar refractivity (Wildman–Crippen MR) is 81.7 cm³/mol. The van der Waals surface area contributed by atoms with Crippen LogP contribution in [0.2, 0.25) is 5.02 Å². The molecule has 106 valence electrons. The number of benzene rings is 1. The molecule has 1 aliphatic rings. The first-order valence-electron chi connectivity index (χ1n) is 6.86. The van der Waals surface area contributed by atoms with Gasteiger partial charge in [-0.1, -0.05) is 24.9 Å². The van der Waals surface area contributed by atoms with Gasteiger partial charge in [0.1, 0.15) is 0 Å². The summed E-state index contributed by atoms with van der Waals surface area (Å²) < 4.78 is 0. The van der Waals surface area contributed by atoms with Crippen LogP contribution < -0.4 is 4.90 Å². The minimum absolute atomic E-state index is 0. The third kappa shape index (κ3) is 4.20. The highest BCUT2D eigenvalue weighted by atomic mass is 35.5. The summed E-state index contributed by atoms with van der Waals surface area (Å²) in [4.78, 5) is 14.0. The van der Waals surface area contributed by atoms with E-state index in [0.29, 0.717) is 5.02 Å². The van der Waals surface area contributed by atoms with E-state index >= 15 is 0 Å². The molecule has 4 heteroatoms. The Morgan fingerprint density at radius 1 is 1.26 bits per heavy atom. The SMILES string of the molecule is CCC[C@H](C(=O)c1ccc(Cl)cc1)[NH+]1CCCC1.Cl. The Hall–Kier alpha value is -0.570. The lowest BCUT2D eigenvalue weighted by Gasteiger charge is -2.23. The fourth-order valence-electron chi connectivity index (χ4n) is 2.80. The van der Waals surface area contributed by atoms with Crippen molar-refractivity contribution in [3.05, 3.63) is 34.9 Å². The molecule has 1 fully saturated rings. The molecule has 0 radical (unpaired) electrons. The first-order valence-corrected chi connectivity index (χ1v) is 7.24. The molecule has 1 atom stereocenters. The molecule has 0 aromatic heterocycles. The van der Waals surface area contributed by atoms with Crippen LogP contribution in [0.15, 0.2) is 24.3 Å². The van der Waals surface area contributed by atoms with E-state index in [1.807, 2.05) is 12.1 Å². The number of hydrogen-bond donors (Lipinski definition) is 1. The molecule has 0 unspecified atom stereocenters. The summed E-state index contributed by atoms with van der Waals surface area (Å²) in [6.45, 7) is 4.44. The van der Waals surface area contributed by atoms with Crippen LogP contribution in [0.25, 0.3) is 0 Å². The van der Waals surface area contributed by atoms with Crippen molar-refractivity contribution in [3.8, 4) is 0 Å². The highest BCUT2D eigenvalue weighted by Gasteiger charge is 2.31. The Balaban J connectivity index is 0.00000180. The Bertz CT molecular complexity index is 399. The second kappa shape index (κ2) is 7.88. The van der Waals surface area contributed by atoms with Crippen molar-refractivity contribution in [2.75, 3.05) is 13.1 Å². The van der Waals surface area contributed by atoms with Crippen molar-refractivity contribution in [3.63, 3.8) is 0 Å². The van der Waals surface area contributed by atoms with E-state index in [4.69, 9.17) is 11.6 Å². The number of halogens is 2. The lowest BCUT2D eigenvalue weighted by molar-refractivity contribution is -0.903. The maximum absolute atomic E-state index is 12.6. The van der Waals surface area contributed by atoms with E-state index in [-0.39, 0.29) is 24.2 Å². The molecule has 1 heterocycles. The third-order valence-corrected chi connectivity index (χ3v) is 4.01. The fourth-order valence-corrected chi connectivity index (χ4v) is 2.93. The summed E-state index contributed by atoms with van der Waals surface area (Å²) in [6, 6.07) is 7.44. The number of ketones is 1. The Morgan fingerprint density at radius 2 is 1.84 bits per heavy atom. The zero-order valence-electron chi connectivity index (χ0n) is 11.3. The van der Waals surface area contributed by atoms with Crippen molar-refractivity contribution in [1.29, 1.82) is 0 Å². The number of Topliss-reactive ketones (excluding diaryl/α,β-unsaturated/α-hetero) is 1. The first kappa shape index (κ1) is 16.5. The second-order valence-corrected chi connectivity index (χ2v) is 5.51. The van der Waals surface area contributed by atoms with E-state index in [1.165, 1.54) is 17.7 Å². The maximum atomic E-state index is 12.6. The highest BCUT2D eigenvalue weighted by Crippen LogP contribution is 2.12. The van der Waals surface area contributed by atoms with Crippen LogP contribution >= 0.6 is 24.0 Å². The minimum atomic E-state index is 0. The average Bonchev–Trinajstić information content (AvgIpc) is 2.90. The van der Waals surface area contributed by atoms with Gasteiger partial charge in [-0.25, -0.2) is 0 Å². The molecule has 1 N–H and O–H groups in total. The number of rotatable bonds is 5. The molecule has 0 aliphatic carbocycles. The summed E-state index contributed by atoms with van der Waals surface area (Å²) in [5, 5.41) is 0.687. The maximum Gasteiger partial charge on any atom is 0.219 e. The lowest BCUT2D eigenvalue weighted by Crippen LogP contribution is -3.15. The van der Waals surface area contributed by atoms with Crippen molar-refractivity contribution >= 4 is 29.8 Å². The molecule has 19 heavy (non-hydrogen) atoms. The standard InChI is InChI=1S/C15H20ClNO.ClH/c1-2-5-14(17-10-3-4-11-17)15(18)12-6-8-13(16)9-7-12;/h6-9,14H,2-5,10-11H2,1H3;1H/p+1/t14-;/m1./s1. The zero-order valence-corrected chi connectivity index (χ0v) is 12.9. The van der Waals surface area contributed by atoms with Gasteiger partial charge >= 0.3 is 0 Å². The van der Waals surface area contributed by atoms with Crippen LogP contribution in [-0.2, 0) is 0 Å². The van der Waals surface area contributed by atoms with Gasteiger partial charge < -0.3 is 4.90 Å². The van der Waals surface area contributed by atoms with Crippen molar-refractivity contribution in [1.82, 2.24) is 0 Å². The van der Waals surface area contributed by atoms with Gasteiger partial charge in [0.05, 0.1) is 13.1 Å². The van der Waals surface area contributed by atoms with Gasteiger partial charge in [0.15, 0.2) is 6.04 Å². The van der Waals surface area contributed by atoms with Gasteiger partial charge in [-0.15, -0.1) is 12.4 Å². The van der Waals surface area contributed by atoms with Crippen LogP contribution in [0.4, 0.5) is 0 Å². The molecular weight excluding hydrogens is 281 g/mol. The molecule has 2 nitrogen and oxygen atoms in total. The summed E-state index contributed by atoms with van der Waals surface area (Å²) >= 11 is 5.87. The number of quaternary nitrogens is 1. The van der Waals surface area contributed by atoms with Gasteiger partial charge in [-0.3, -0.25) is 4.79 Å². The quantitative estimate of drug-likeness (QED) is 0.830. The lowest BCUT2D eigenvalue weighted by atomic mass is 9.99. The molecule has 0 spiro atoms. The molecule has 1 aromatic carbocycles. The van der Waals surface area contributed by atoms with Crippen LogP contribution in [0.3, 0.4) is 0 Å². The smallest absolute Gasteiger partial charge is 0.219 e. The summed E-state index contributed by atoms with van der Waals surface area (Å²) in [6.07, 6.45) is 4.55. The topological polar surface area (TPSA) is 21.5 Å². The Labute approximate surface area is 126 Å². The number of carbonyl (C=O) groups excluding carboxylic acids is 1. The van der Waals surface area contributed by atoms with Crippen LogP contribution in [0.1, 0.15) is 43.0 Å². The molecular formula is C15H22Cl2NO+. The Kier molecular flexibility index (Phi) is 6.84. The zero-order chi connectivity index (χ0) is 13.0. The van der Waals surface area contributed by atoms with E-state index < -0.39 is 0 Å². The number of hydrogen-bond acceptors (Lipinski definition) is 1. The largest absolute Gasteiger partial charge is 0.326 e. The third-order valence-electron chi connectivity index (χ3n) is 3.76. The van der Waals surface area contributed by atoms with E-state index in [2.05, 4.69) is 6.92 Å². The number of nitrogens with one attached hydrogen (secondary N) is 1. The summed E-state index contributed by atoms with van der Waals surface area (Å²) in [5.74, 6) is 0.283. The summed E-state index contributed by atoms with van der Waals surface area (Å²) in [5.41, 5.74) is 0.803. The van der Waals surface area contributed by atoms with Crippen molar-refractivity contribution in [2.24, 2.45) is 0 Å². The van der Waals surface area contributed by atoms with E-state index in [0.717, 1.165) is 31.5 Å². The molecule has 1 aromatic rings. The van der Waals surface area contributed by atoms with Gasteiger partial charge in [-0.2, -0.15) is 0 Å². The average molecular weight is 303 g/mol. The van der Waals surface area contributed by atoms with Crippen LogP contribution in [0, 0.1) is 0 Å². The molecule has 0 saturated carbocycles. The van der Waals surface area contributed by atoms with Gasteiger partial charge in [-0.05, 0) is 24.3 Å². The number of likely N-dealkylation sites (tertiary alicyclic amines) is 1. The van der Waals surface area contributed by atoms with E-state index in [9.17, 15) is 4.79 Å². The molecule has 0 bridgehead atoms. The summed E-state index contributed by atoms with van der Waals surface area (Å²) in [7, 11) is 0. The van der Waals surface area contributed by atoms with E-state index in [1.54, 1.807) is 12.1 Å². The number of carbonyl (C=O) groups is 1. The fraction of sp³-hybridized carbons (Fsp3) is 0.533. The molecule has 1 saturated heterocycles. The van der Waals surface area contributed by atoms with Crippen molar-refractivity contribution < 1.29 is 9.69 Å². The normalized spacial score (nSPS) is 16.9. The van der Waals surface area contributed by atoms with Gasteiger partial charge in [0.25, 0.3) is 0 Å². The predicted octanol–water partition coefficient (Wildman–Crippen LogP) is 2.79. The van der Waals surface area contributed by atoms with Crippen molar-refractivity contribution in [2.45, 2.75) is 38.6 Å². The molecule has 1 aliphatic heterocycles. The minimum Gasteiger partial charge on any atom is -0.326 e. The molecule has 2 rings (SSSR count). The highest BCUT2D eigenvalue weighted by molar-refractivity contribution is 6.30. The second-order valence-electron chi connectivity index (χ2n) is 5.08. The van der Waals surface area contributed by atoms with Crippen LogP contribution in [-0.4, -0.2) is 24.9 Å². The van der Waals surface area contributed by atoms with Gasteiger partial charge in [0.2, 0.25) is 5.78 Å².